The Labute approximate surface area is 101 Å². The first-order valence-electron chi connectivity index (χ1n) is 5.65. The van der Waals surface area contributed by atoms with Crippen LogP contribution in [0.2, 0.25) is 0 Å². The van der Waals surface area contributed by atoms with Crippen molar-refractivity contribution in [3.63, 3.8) is 0 Å². The minimum atomic E-state index is -0.846. The van der Waals surface area contributed by atoms with Crippen LogP contribution in [-0.2, 0) is 4.79 Å². The molecule has 0 radical (unpaired) electrons. The van der Waals surface area contributed by atoms with Crippen molar-refractivity contribution in [2.75, 3.05) is 0 Å². The molecule has 92 valence electrons. The van der Waals surface area contributed by atoms with Crippen LogP contribution in [0.25, 0.3) is 0 Å². The molecule has 0 amide bonds. The van der Waals surface area contributed by atoms with Gasteiger partial charge >= 0.3 is 5.97 Å². The van der Waals surface area contributed by atoms with E-state index in [0.29, 0.717) is 6.42 Å². The van der Waals surface area contributed by atoms with E-state index in [0.717, 1.165) is 5.56 Å². The summed E-state index contributed by atoms with van der Waals surface area (Å²) in [4.78, 5) is 11.1. The minimum Gasteiger partial charge on any atom is -0.481 e. The third kappa shape index (κ3) is 4.26. The van der Waals surface area contributed by atoms with Crippen molar-refractivity contribution in [2.24, 2.45) is 11.7 Å². The van der Waals surface area contributed by atoms with E-state index in [1.165, 1.54) is 0 Å². The highest BCUT2D eigenvalue weighted by molar-refractivity contribution is 5.81. The van der Waals surface area contributed by atoms with Crippen LogP contribution in [0.3, 0.4) is 0 Å². The summed E-state index contributed by atoms with van der Waals surface area (Å²) in [6.45, 7) is 2.01. The Hall–Kier alpha value is -1.84. The zero-order valence-electron chi connectivity index (χ0n) is 9.97. The highest BCUT2D eigenvalue weighted by Gasteiger charge is 2.23. The van der Waals surface area contributed by atoms with Crippen LogP contribution in [0.15, 0.2) is 30.3 Å². The summed E-state index contributed by atoms with van der Waals surface area (Å²) >= 11 is 0. The van der Waals surface area contributed by atoms with Gasteiger partial charge in [0.15, 0.2) is 0 Å². The van der Waals surface area contributed by atoms with Crippen LogP contribution >= 0.6 is 0 Å². The maximum atomic E-state index is 11.1. The fraction of sp³-hybridized carbons (Fsp3) is 0.385. The predicted octanol–water partition coefficient (Wildman–Crippen LogP) is 0.387. The molecule has 4 nitrogen and oxygen atoms in total. The molecule has 0 fully saturated rings. The maximum absolute atomic E-state index is 11.1. The van der Waals surface area contributed by atoms with E-state index in [-0.39, 0.29) is 18.2 Å². The molecule has 0 spiro atoms. The molecule has 0 saturated heterocycles. The molecular weight excluding hydrogens is 216 g/mol. The summed E-state index contributed by atoms with van der Waals surface area (Å²) in [7, 11) is 0. The van der Waals surface area contributed by atoms with E-state index in [1.807, 2.05) is 37.3 Å². The summed E-state index contributed by atoms with van der Waals surface area (Å²) < 4.78 is 0. The minimum absolute atomic E-state index is 0.177. The fourth-order valence-electron chi connectivity index (χ4n) is 1.90. The molecular formula is C13H19N2O2+. The number of nitrogens with two attached hydrogens (primary N) is 2. The lowest BCUT2D eigenvalue weighted by Crippen LogP contribution is -2.47. The van der Waals surface area contributed by atoms with Gasteiger partial charge in [0.05, 0.1) is 12.3 Å². The van der Waals surface area contributed by atoms with E-state index in [2.05, 4.69) is 0 Å². The second-order valence-corrected chi connectivity index (χ2v) is 4.36. The molecule has 0 aliphatic carbocycles. The molecule has 0 aromatic heterocycles. The van der Waals surface area contributed by atoms with Gasteiger partial charge in [-0.3, -0.25) is 15.9 Å². The van der Waals surface area contributed by atoms with Crippen LogP contribution in [0.1, 0.15) is 31.2 Å². The smallest absolute Gasteiger partial charge is 0.307 e. The highest BCUT2D eigenvalue weighted by Crippen LogP contribution is 2.24. The third-order valence-corrected chi connectivity index (χ3v) is 2.84. The second kappa shape index (κ2) is 6.03. The summed E-state index contributed by atoms with van der Waals surface area (Å²) in [6.07, 6.45) is 0.768. The van der Waals surface area contributed by atoms with Crippen molar-refractivity contribution in [1.82, 2.24) is 0 Å². The average molecular weight is 235 g/mol. The van der Waals surface area contributed by atoms with Gasteiger partial charge in [-0.25, -0.2) is 0 Å². The van der Waals surface area contributed by atoms with Crippen molar-refractivity contribution in [2.45, 2.75) is 25.7 Å². The van der Waals surface area contributed by atoms with Crippen LogP contribution in [0, 0.1) is 5.92 Å². The first-order chi connectivity index (χ1) is 8.00. The predicted molar refractivity (Wildman–Crippen MR) is 66.3 cm³/mol. The van der Waals surface area contributed by atoms with Crippen molar-refractivity contribution < 1.29 is 15.3 Å². The number of benzene rings is 1. The van der Waals surface area contributed by atoms with E-state index in [9.17, 15) is 4.79 Å². The number of carboxylic acid groups (broad SMARTS) is 1. The standard InChI is InChI=1S/C13H18N2O2/c1-9(10-5-3-2-4-6-10)7-11(13(16)17)8-12(14)15/h2-6,9,11H,7-8H2,1H3,(H3,14,15)(H,16,17)/p+1/t9?,11-/m0/s1. The molecule has 0 aliphatic rings. The van der Waals surface area contributed by atoms with Crippen molar-refractivity contribution >= 4 is 11.8 Å². The van der Waals surface area contributed by atoms with Crippen molar-refractivity contribution in [3.8, 4) is 0 Å². The number of carbonyl (C=O) groups is 1. The average Bonchev–Trinajstić information content (AvgIpc) is 2.28. The van der Waals surface area contributed by atoms with Gasteiger partial charge in [-0.1, -0.05) is 37.3 Å². The van der Waals surface area contributed by atoms with Gasteiger partial charge in [-0.15, -0.1) is 0 Å². The Kier molecular flexibility index (Phi) is 4.69. The van der Waals surface area contributed by atoms with E-state index < -0.39 is 11.9 Å². The normalized spacial score (nSPS) is 13.9. The number of aliphatic carboxylic acids is 1. The first kappa shape index (κ1) is 13.2. The van der Waals surface area contributed by atoms with E-state index in [1.54, 1.807) is 0 Å². The first-order valence-corrected chi connectivity index (χ1v) is 5.65. The lowest BCUT2D eigenvalue weighted by atomic mass is 9.88. The fourth-order valence-corrected chi connectivity index (χ4v) is 1.90. The molecule has 2 atom stereocenters. The van der Waals surface area contributed by atoms with Crippen LogP contribution in [0.5, 0.6) is 0 Å². The quantitative estimate of drug-likeness (QED) is 0.492. The topological polar surface area (TPSA) is 88.9 Å². The lowest BCUT2D eigenvalue weighted by Gasteiger charge is -2.16. The van der Waals surface area contributed by atoms with Gasteiger partial charge in [-0.05, 0) is 17.9 Å². The van der Waals surface area contributed by atoms with Crippen LogP contribution < -0.4 is 11.1 Å². The van der Waals surface area contributed by atoms with Gasteiger partial charge in [0.1, 0.15) is 0 Å². The SMILES string of the molecule is CC(C[C@@H](CC(N)=[NH2+])C(=O)O)c1ccccc1. The molecule has 0 bridgehead atoms. The molecule has 0 aliphatic heterocycles. The summed E-state index contributed by atoms with van der Waals surface area (Å²) in [5.74, 6) is -1.01. The molecule has 1 rings (SSSR count). The van der Waals surface area contributed by atoms with Crippen LogP contribution in [-0.4, -0.2) is 16.9 Å². The van der Waals surface area contributed by atoms with E-state index in [4.69, 9.17) is 16.2 Å². The molecule has 5 N–H and O–H groups in total. The Bertz CT molecular complexity index is 390. The van der Waals surface area contributed by atoms with Crippen molar-refractivity contribution in [1.29, 1.82) is 0 Å². The van der Waals surface area contributed by atoms with Crippen LogP contribution in [0.4, 0.5) is 0 Å². The van der Waals surface area contributed by atoms with Gasteiger partial charge < -0.3 is 5.11 Å². The highest BCUT2D eigenvalue weighted by atomic mass is 16.4. The molecule has 0 saturated carbocycles. The van der Waals surface area contributed by atoms with Gasteiger partial charge in [0.25, 0.3) is 0 Å². The molecule has 1 aromatic carbocycles. The Balaban J connectivity index is 2.67. The Morgan fingerprint density at radius 3 is 2.47 bits per heavy atom. The molecule has 17 heavy (non-hydrogen) atoms. The Morgan fingerprint density at radius 2 is 2.00 bits per heavy atom. The lowest BCUT2D eigenvalue weighted by molar-refractivity contribution is -0.144. The second-order valence-electron chi connectivity index (χ2n) is 4.36. The van der Waals surface area contributed by atoms with Gasteiger partial charge in [0, 0.05) is 0 Å². The molecule has 1 unspecified atom stereocenters. The van der Waals surface area contributed by atoms with Gasteiger partial charge in [0.2, 0.25) is 5.84 Å². The molecule has 1 aromatic rings. The monoisotopic (exact) mass is 235 g/mol. The number of carboxylic acids is 1. The summed E-state index contributed by atoms with van der Waals surface area (Å²) in [6, 6.07) is 9.84. The molecule has 0 heterocycles. The van der Waals surface area contributed by atoms with Gasteiger partial charge in [-0.2, -0.15) is 0 Å². The number of rotatable bonds is 6. The molecule has 4 heteroatoms. The third-order valence-electron chi connectivity index (χ3n) is 2.84. The summed E-state index contributed by atoms with van der Waals surface area (Å²) in [5.41, 5.74) is 6.51. The van der Waals surface area contributed by atoms with E-state index >= 15 is 0 Å². The zero-order valence-corrected chi connectivity index (χ0v) is 9.97. The van der Waals surface area contributed by atoms with Crippen molar-refractivity contribution in [3.05, 3.63) is 35.9 Å². The largest absolute Gasteiger partial charge is 0.481 e. The number of hydrogen-bond donors (Lipinski definition) is 3. The number of amidine groups is 1. The number of hydrogen-bond acceptors (Lipinski definition) is 1. The maximum Gasteiger partial charge on any atom is 0.307 e. The summed E-state index contributed by atoms with van der Waals surface area (Å²) in [5, 5.41) is 14.5. The zero-order chi connectivity index (χ0) is 12.8. The Morgan fingerprint density at radius 1 is 1.41 bits per heavy atom.